The van der Waals surface area contributed by atoms with Crippen LogP contribution in [0.25, 0.3) is 27.6 Å². The van der Waals surface area contributed by atoms with Crippen LogP contribution < -0.4 is 16.0 Å². The van der Waals surface area contributed by atoms with E-state index < -0.39 is 11.5 Å². The number of carbonyl (C=O) groups excluding carboxylic acids is 2. The minimum absolute atomic E-state index is 0.0589. The van der Waals surface area contributed by atoms with E-state index in [1.54, 1.807) is 24.1 Å². The molecule has 0 unspecified atom stereocenters. The van der Waals surface area contributed by atoms with E-state index >= 15 is 0 Å². The average molecular weight is 581 g/mol. The number of ether oxygens (including phenoxy) is 1. The van der Waals surface area contributed by atoms with Gasteiger partial charge < -0.3 is 20.7 Å². The van der Waals surface area contributed by atoms with Crippen LogP contribution in [0, 0.1) is 5.41 Å². The number of pyridine rings is 1. The number of hydrogen-bond donors (Lipinski definition) is 3. The number of aromatic nitrogens is 5. The van der Waals surface area contributed by atoms with Crippen molar-refractivity contribution >= 4 is 55.8 Å². The Kier molecular flexibility index (Phi) is 7.15. The van der Waals surface area contributed by atoms with Crippen molar-refractivity contribution in [2.45, 2.75) is 38.6 Å². The first kappa shape index (κ1) is 25.8. The van der Waals surface area contributed by atoms with Crippen molar-refractivity contribution in [3.63, 3.8) is 0 Å². The van der Waals surface area contributed by atoms with Gasteiger partial charge in [0.15, 0.2) is 5.65 Å². The standard InChI is InChI=1S/C26H29BrN8O3/c1-26(23(36)28-2)8-6-17(13-26)32-24-31-14-19-21(27)34-35(22(19)33-24)18-11-15-5-4-9-29-20(15)16(12-18)7-10-30-25(37)38-3/h4-5,9,11-12,14,17H,6-8,10,13H2,1-3H3,(H,28,36)(H,30,37)(H,31,32,33)/t17-,26-/m1/s1. The van der Waals surface area contributed by atoms with E-state index in [-0.39, 0.29) is 11.9 Å². The highest BCUT2D eigenvalue weighted by Crippen LogP contribution is 2.39. The van der Waals surface area contributed by atoms with E-state index in [4.69, 9.17) is 10.1 Å². The summed E-state index contributed by atoms with van der Waals surface area (Å²) in [6.45, 7) is 2.40. The highest BCUT2D eigenvalue weighted by Gasteiger charge is 2.41. The molecule has 12 heteroatoms. The molecule has 4 aromatic rings. The molecular weight excluding hydrogens is 552 g/mol. The van der Waals surface area contributed by atoms with Gasteiger partial charge in [-0.05, 0) is 65.4 Å². The summed E-state index contributed by atoms with van der Waals surface area (Å²) in [4.78, 5) is 37.7. The molecule has 3 aromatic heterocycles. The van der Waals surface area contributed by atoms with Crippen LogP contribution in [0.4, 0.5) is 10.7 Å². The third kappa shape index (κ3) is 5.00. The fraction of sp³-hybridized carbons (Fsp3) is 0.385. The molecule has 0 aliphatic heterocycles. The molecule has 198 valence electrons. The molecule has 0 bridgehead atoms. The molecule has 1 aliphatic rings. The molecule has 0 saturated heterocycles. The van der Waals surface area contributed by atoms with Gasteiger partial charge in [-0.2, -0.15) is 10.1 Å². The molecule has 1 aliphatic carbocycles. The lowest BCUT2D eigenvalue weighted by Crippen LogP contribution is -2.35. The molecule has 11 nitrogen and oxygen atoms in total. The number of nitrogens with one attached hydrogen (secondary N) is 3. The smallest absolute Gasteiger partial charge is 0.406 e. The Balaban J connectivity index is 1.47. The largest absolute Gasteiger partial charge is 0.453 e. The maximum atomic E-state index is 12.3. The number of nitrogens with zero attached hydrogens (tertiary/aromatic N) is 5. The van der Waals surface area contributed by atoms with Crippen LogP contribution in [0.1, 0.15) is 31.7 Å². The van der Waals surface area contributed by atoms with Crippen LogP contribution in [-0.2, 0) is 16.0 Å². The first-order valence-electron chi connectivity index (χ1n) is 12.4. The predicted octanol–water partition coefficient (Wildman–Crippen LogP) is 3.74. The lowest BCUT2D eigenvalue weighted by atomic mass is 9.87. The van der Waals surface area contributed by atoms with Crippen molar-refractivity contribution in [2.24, 2.45) is 5.41 Å². The number of anilines is 1. The van der Waals surface area contributed by atoms with Gasteiger partial charge in [0.05, 0.1) is 23.7 Å². The fourth-order valence-electron chi connectivity index (χ4n) is 5.11. The molecule has 1 fully saturated rings. The lowest BCUT2D eigenvalue weighted by Gasteiger charge is -2.22. The zero-order valence-corrected chi connectivity index (χ0v) is 23.0. The van der Waals surface area contributed by atoms with Crippen molar-refractivity contribution in [3.05, 3.63) is 46.8 Å². The van der Waals surface area contributed by atoms with Crippen LogP contribution >= 0.6 is 15.9 Å². The molecule has 5 rings (SSSR count). The lowest BCUT2D eigenvalue weighted by molar-refractivity contribution is -0.129. The van der Waals surface area contributed by atoms with E-state index in [0.29, 0.717) is 35.6 Å². The van der Waals surface area contributed by atoms with Gasteiger partial charge in [0.1, 0.15) is 4.60 Å². The second-order valence-corrected chi connectivity index (χ2v) is 10.5. The highest BCUT2D eigenvalue weighted by atomic mass is 79.9. The van der Waals surface area contributed by atoms with E-state index in [1.165, 1.54) is 7.11 Å². The Morgan fingerprint density at radius 3 is 2.92 bits per heavy atom. The Morgan fingerprint density at radius 2 is 2.13 bits per heavy atom. The molecule has 3 heterocycles. The van der Waals surface area contributed by atoms with Gasteiger partial charge in [0.25, 0.3) is 0 Å². The van der Waals surface area contributed by atoms with Crippen LogP contribution in [0.2, 0.25) is 0 Å². The van der Waals surface area contributed by atoms with Crippen LogP contribution in [0.15, 0.2) is 41.3 Å². The summed E-state index contributed by atoms with van der Waals surface area (Å²) in [5, 5.41) is 15.3. The van der Waals surface area contributed by atoms with Crippen LogP contribution in [-0.4, -0.2) is 63.5 Å². The quantitative estimate of drug-likeness (QED) is 0.301. The van der Waals surface area contributed by atoms with Crippen LogP contribution in [0.3, 0.4) is 0 Å². The number of methoxy groups -OCH3 is 1. The van der Waals surface area contributed by atoms with E-state index in [2.05, 4.69) is 46.6 Å². The molecule has 0 radical (unpaired) electrons. The van der Waals surface area contributed by atoms with Crippen molar-refractivity contribution < 1.29 is 14.3 Å². The first-order chi connectivity index (χ1) is 18.3. The second-order valence-electron chi connectivity index (χ2n) is 9.71. The van der Waals surface area contributed by atoms with E-state index in [1.807, 2.05) is 31.2 Å². The van der Waals surface area contributed by atoms with Crippen molar-refractivity contribution in [3.8, 4) is 5.69 Å². The maximum Gasteiger partial charge on any atom is 0.406 e. The highest BCUT2D eigenvalue weighted by molar-refractivity contribution is 9.10. The normalized spacial score (nSPS) is 19.0. The predicted molar refractivity (Wildman–Crippen MR) is 147 cm³/mol. The summed E-state index contributed by atoms with van der Waals surface area (Å²) in [5.41, 5.74) is 2.87. The minimum Gasteiger partial charge on any atom is -0.453 e. The summed E-state index contributed by atoms with van der Waals surface area (Å²) in [7, 11) is 3.01. The molecule has 3 N–H and O–H groups in total. The Bertz CT molecular complexity index is 1520. The van der Waals surface area contributed by atoms with Gasteiger partial charge in [0, 0.05) is 42.8 Å². The molecule has 2 atom stereocenters. The average Bonchev–Trinajstić information content (AvgIpc) is 3.47. The molecule has 1 aromatic carbocycles. The van der Waals surface area contributed by atoms with Gasteiger partial charge in [-0.3, -0.25) is 9.78 Å². The summed E-state index contributed by atoms with van der Waals surface area (Å²) in [6, 6.07) is 8.00. The SMILES string of the molecule is CNC(=O)[C@]1(C)CC[C@@H](Nc2ncc3c(Br)nn(-c4cc(CCNC(=O)OC)c5ncccc5c4)c3n2)C1. The van der Waals surface area contributed by atoms with Gasteiger partial charge in [-0.1, -0.05) is 13.0 Å². The van der Waals surface area contributed by atoms with Crippen molar-refractivity contribution in [1.82, 2.24) is 35.4 Å². The summed E-state index contributed by atoms with van der Waals surface area (Å²) < 4.78 is 7.09. The zero-order chi connectivity index (χ0) is 26.9. The molecule has 0 spiro atoms. The summed E-state index contributed by atoms with van der Waals surface area (Å²) in [6.07, 6.45) is 5.94. The number of benzene rings is 1. The van der Waals surface area contributed by atoms with Gasteiger partial charge in [-0.15, -0.1) is 0 Å². The van der Waals surface area contributed by atoms with Gasteiger partial charge >= 0.3 is 6.09 Å². The summed E-state index contributed by atoms with van der Waals surface area (Å²) >= 11 is 3.55. The monoisotopic (exact) mass is 580 g/mol. The molecule has 2 amide bonds. The molecular formula is C26H29BrN8O3. The number of halogens is 1. The maximum absolute atomic E-state index is 12.3. The Hall–Kier alpha value is -3.80. The number of fused-ring (bicyclic) bond motifs is 2. The number of rotatable bonds is 7. The molecule has 38 heavy (non-hydrogen) atoms. The fourth-order valence-corrected chi connectivity index (χ4v) is 5.55. The van der Waals surface area contributed by atoms with Crippen molar-refractivity contribution in [2.75, 3.05) is 26.0 Å². The van der Waals surface area contributed by atoms with Gasteiger partial charge in [0.2, 0.25) is 11.9 Å². The number of hydrogen-bond acceptors (Lipinski definition) is 8. The third-order valence-electron chi connectivity index (χ3n) is 7.09. The van der Waals surface area contributed by atoms with E-state index in [0.717, 1.165) is 40.4 Å². The van der Waals surface area contributed by atoms with Gasteiger partial charge in [-0.25, -0.2) is 14.5 Å². The zero-order valence-electron chi connectivity index (χ0n) is 21.4. The Morgan fingerprint density at radius 1 is 1.29 bits per heavy atom. The van der Waals surface area contributed by atoms with Crippen molar-refractivity contribution in [1.29, 1.82) is 0 Å². The molecule has 1 saturated carbocycles. The Labute approximate surface area is 227 Å². The topological polar surface area (TPSA) is 136 Å². The van der Waals surface area contributed by atoms with E-state index in [9.17, 15) is 9.59 Å². The number of alkyl carbamates (subject to hydrolysis) is 1. The minimum atomic E-state index is -0.477. The van der Waals surface area contributed by atoms with Crippen LogP contribution in [0.5, 0.6) is 0 Å². The second kappa shape index (κ2) is 10.5. The summed E-state index contributed by atoms with van der Waals surface area (Å²) in [5.74, 6) is 0.547. The number of amides is 2. The third-order valence-corrected chi connectivity index (χ3v) is 7.68. The first-order valence-corrected chi connectivity index (χ1v) is 13.2. The number of carbonyl (C=O) groups is 2.